The van der Waals surface area contributed by atoms with Crippen molar-refractivity contribution in [2.75, 3.05) is 5.32 Å². The first-order valence-corrected chi connectivity index (χ1v) is 9.95. The summed E-state index contributed by atoms with van der Waals surface area (Å²) in [6, 6.07) is 13.8. The van der Waals surface area contributed by atoms with E-state index < -0.39 is 0 Å². The molecule has 0 fully saturated rings. The monoisotopic (exact) mass is 406 g/mol. The molecular weight excluding hydrogens is 383 g/mol. The molecule has 154 valence electrons. The topological polar surface area (TPSA) is 73.0 Å². The van der Waals surface area contributed by atoms with Gasteiger partial charge in [0.1, 0.15) is 5.82 Å². The number of rotatable bonds is 7. The summed E-state index contributed by atoms with van der Waals surface area (Å²) < 4.78 is 20.5. The van der Waals surface area contributed by atoms with Gasteiger partial charge >= 0.3 is 0 Å². The first kappa shape index (κ1) is 19.8. The van der Waals surface area contributed by atoms with Gasteiger partial charge in [-0.15, -0.1) is 0 Å². The lowest BCUT2D eigenvalue weighted by molar-refractivity contribution is -0.116. The van der Waals surface area contributed by atoms with Crippen LogP contribution in [0.25, 0.3) is 22.3 Å². The normalized spacial score (nSPS) is 11.3. The van der Waals surface area contributed by atoms with Crippen molar-refractivity contribution in [3.63, 3.8) is 0 Å². The zero-order valence-corrected chi connectivity index (χ0v) is 16.9. The van der Waals surface area contributed by atoms with Crippen LogP contribution in [-0.2, 0) is 17.8 Å². The second-order valence-corrected chi connectivity index (χ2v) is 7.70. The predicted molar refractivity (Wildman–Crippen MR) is 113 cm³/mol. The standard InChI is InChI=1S/C23H23FN4O2/c1-15(2)14-28-12-11-17-13-19(7-8-20(17)28)25-21(29)9-10-22-26-23(27-30-22)16-3-5-18(24)6-4-16/h3-8,11-13,15H,9-10,14H2,1-2H3,(H,25,29). The number of nitrogens with zero attached hydrogens (tertiary/aromatic N) is 3. The highest BCUT2D eigenvalue weighted by Gasteiger charge is 2.12. The molecule has 0 aliphatic rings. The summed E-state index contributed by atoms with van der Waals surface area (Å²) in [6.07, 6.45) is 2.62. The number of halogens is 1. The van der Waals surface area contributed by atoms with Crippen LogP contribution in [0.4, 0.5) is 10.1 Å². The molecule has 0 unspecified atom stereocenters. The van der Waals surface area contributed by atoms with E-state index in [0.29, 0.717) is 29.6 Å². The van der Waals surface area contributed by atoms with Crippen LogP contribution in [-0.4, -0.2) is 20.6 Å². The van der Waals surface area contributed by atoms with Crippen molar-refractivity contribution in [2.45, 2.75) is 33.2 Å². The highest BCUT2D eigenvalue weighted by atomic mass is 19.1. The minimum Gasteiger partial charge on any atom is -0.347 e. The number of anilines is 1. The number of carbonyl (C=O) groups excluding carboxylic acids is 1. The second kappa shape index (κ2) is 8.49. The molecule has 4 rings (SSSR count). The summed E-state index contributed by atoms with van der Waals surface area (Å²) in [6.45, 7) is 5.33. The van der Waals surface area contributed by atoms with Gasteiger partial charge in [-0.2, -0.15) is 4.98 Å². The van der Waals surface area contributed by atoms with Crippen LogP contribution < -0.4 is 5.32 Å². The number of aryl methyl sites for hydroxylation is 1. The summed E-state index contributed by atoms with van der Waals surface area (Å²) in [4.78, 5) is 16.6. The first-order valence-electron chi connectivity index (χ1n) is 9.95. The van der Waals surface area contributed by atoms with Gasteiger partial charge in [0.2, 0.25) is 17.6 Å². The average molecular weight is 406 g/mol. The summed E-state index contributed by atoms with van der Waals surface area (Å²) in [7, 11) is 0. The van der Waals surface area contributed by atoms with Crippen LogP contribution in [0, 0.1) is 11.7 Å². The number of nitrogens with one attached hydrogen (secondary N) is 1. The van der Waals surface area contributed by atoms with Gasteiger partial charge in [-0.05, 0) is 54.4 Å². The molecule has 0 saturated carbocycles. The zero-order valence-electron chi connectivity index (χ0n) is 16.9. The Hall–Kier alpha value is -3.48. The molecule has 1 N–H and O–H groups in total. The number of amides is 1. The molecule has 1 amide bonds. The Kier molecular flexibility index (Phi) is 5.61. The number of hydrogen-bond donors (Lipinski definition) is 1. The summed E-state index contributed by atoms with van der Waals surface area (Å²) in [5, 5.41) is 7.90. The third-order valence-corrected chi connectivity index (χ3v) is 4.75. The molecule has 0 aliphatic carbocycles. The summed E-state index contributed by atoms with van der Waals surface area (Å²) in [5.74, 6) is 0.854. The SMILES string of the molecule is CC(C)Cn1ccc2cc(NC(=O)CCc3nc(-c4ccc(F)cc4)no3)ccc21. The molecule has 4 aromatic rings. The van der Waals surface area contributed by atoms with Crippen molar-refractivity contribution in [1.29, 1.82) is 0 Å². The Labute approximate surface area is 173 Å². The molecule has 0 atom stereocenters. The van der Waals surface area contributed by atoms with Gasteiger partial charge in [-0.25, -0.2) is 4.39 Å². The molecule has 0 saturated heterocycles. The van der Waals surface area contributed by atoms with Crippen molar-refractivity contribution in [3.05, 3.63) is 66.4 Å². The molecule has 6 nitrogen and oxygen atoms in total. The van der Waals surface area contributed by atoms with E-state index in [0.717, 1.165) is 23.1 Å². The third kappa shape index (κ3) is 4.56. The fourth-order valence-electron chi connectivity index (χ4n) is 3.35. The molecule has 7 heteroatoms. The minimum absolute atomic E-state index is 0.127. The zero-order chi connectivity index (χ0) is 21.1. The van der Waals surface area contributed by atoms with Crippen LogP contribution in [0.3, 0.4) is 0 Å². The van der Waals surface area contributed by atoms with Crippen molar-refractivity contribution >= 4 is 22.5 Å². The molecule has 0 bridgehead atoms. The van der Waals surface area contributed by atoms with E-state index in [1.54, 1.807) is 12.1 Å². The van der Waals surface area contributed by atoms with Crippen LogP contribution in [0.15, 0.2) is 59.3 Å². The number of aromatic nitrogens is 3. The quantitative estimate of drug-likeness (QED) is 0.466. The number of carbonyl (C=O) groups is 1. The first-order chi connectivity index (χ1) is 14.5. The fourth-order valence-corrected chi connectivity index (χ4v) is 3.35. The third-order valence-electron chi connectivity index (χ3n) is 4.75. The Morgan fingerprint density at radius 2 is 1.97 bits per heavy atom. The summed E-state index contributed by atoms with van der Waals surface area (Å²) in [5.41, 5.74) is 2.57. The van der Waals surface area contributed by atoms with E-state index in [4.69, 9.17) is 4.52 Å². The Bertz CT molecular complexity index is 1160. The van der Waals surface area contributed by atoms with Crippen molar-refractivity contribution in [1.82, 2.24) is 14.7 Å². The highest BCUT2D eigenvalue weighted by molar-refractivity contribution is 5.94. The van der Waals surface area contributed by atoms with Crippen molar-refractivity contribution in [2.24, 2.45) is 5.92 Å². The molecule has 2 aromatic carbocycles. The number of benzene rings is 2. The van der Waals surface area contributed by atoms with Gasteiger partial charge in [-0.1, -0.05) is 19.0 Å². The van der Waals surface area contributed by atoms with Crippen molar-refractivity contribution < 1.29 is 13.7 Å². The van der Waals surface area contributed by atoms with E-state index in [-0.39, 0.29) is 18.1 Å². The molecular formula is C23H23FN4O2. The van der Waals surface area contributed by atoms with Gasteiger partial charge < -0.3 is 14.4 Å². The number of hydrogen-bond acceptors (Lipinski definition) is 4. The van der Waals surface area contributed by atoms with E-state index in [1.165, 1.54) is 12.1 Å². The lowest BCUT2D eigenvalue weighted by Gasteiger charge is -2.09. The fraction of sp³-hybridized carbons (Fsp3) is 0.261. The second-order valence-electron chi connectivity index (χ2n) is 7.70. The van der Waals surface area contributed by atoms with Gasteiger partial charge in [0.25, 0.3) is 0 Å². The highest BCUT2D eigenvalue weighted by Crippen LogP contribution is 2.22. The Balaban J connectivity index is 1.35. The largest absolute Gasteiger partial charge is 0.347 e. The van der Waals surface area contributed by atoms with Crippen LogP contribution >= 0.6 is 0 Å². The molecule has 2 aromatic heterocycles. The molecule has 0 spiro atoms. The Morgan fingerprint density at radius 1 is 1.17 bits per heavy atom. The van der Waals surface area contributed by atoms with Crippen LogP contribution in [0.2, 0.25) is 0 Å². The maximum absolute atomic E-state index is 13.0. The lowest BCUT2D eigenvalue weighted by atomic mass is 10.2. The molecule has 0 aliphatic heterocycles. The predicted octanol–water partition coefficient (Wildman–Crippen LogP) is 5.06. The maximum atomic E-state index is 13.0. The van der Waals surface area contributed by atoms with E-state index in [9.17, 15) is 9.18 Å². The average Bonchev–Trinajstić information content (AvgIpc) is 3.34. The smallest absolute Gasteiger partial charge is 0.227 e. The van der Waals surface area contributed by atoms with Gasteiger partial charge in [0, 0.05) is 47.7 Å². The molecule has 30 heavy (non-hydrogen) atoms. The van der Waals surface area contributed by atoms with E-state index in [1.807, 2.05) is 18.2 Å². The van der Waals surface area contributed by atoms with E-state index >= 15 is 0 Å². The summed E-state index contributed by atoms with van der Waals surface area (Å²) >= 11 is 0. The van der Waals surface area contributed by atoms with Gasteiger partial charge in [-0.3, -0.25) is 4.79 Å². The molecule has 2 heterocycles. The van der Waals surface area contributed by atoms with Crippen LogP contribution in [0.5, 0.6) is 0 Å². The van der Waals surface area contributed by atoms with Crippen molar-refractivity contribution in [3.8, 4) is 11.4 Å². The lowest BCUT2D eigenvalue weighted by Crippen LogP contribution is -2.12. The Morgan fingerprint density at radius 3 is 2.73 bits per heavy atom. The van der Waals surface area contributed by atoms with Crippen LogP contribution in [0.1, 0.15) is 26.2 Å². The minimum atomic E-state index is -0.325. The van der Waals surface area contributed by atoms with Gasteiger partial charge in [0.15, 0.2) is 0 Å². The molecule has 0 radical (unpaired) electrons. The maximum Gasteiger partial charge on any atom is 0.227 e. The van der Waals surface area contributed by atoms with Gasteiger partial charge in [0.05, 0.1) is 0 Å². The van der Waals surface area contributed by atoms with E-state index in [2.05, 4.69) is 46.1 Å². The number of fused-ring (bicyclic) bond motifs is 1.